The maximum atomic E-state index is 12.7. The Labute approximate surface area is 200 Å². The Morgan fingerprint density at radius 2 is 1.36 bits per heavy atom. The molecule has 182 valence electrons. The first-order chi connectivity index (χ1) is 15.5. The van der Waals surface area contributed by atoms with Gasteiger partial charge in [-0.1, -0.05) is 12.1 Å². The fraction of sp³-hybridized carbons (Fsp3) is 0.421. The summed E-state index contributed by atoms with van der Waals surface area (Å²) in [6.07, 6.45) is -0.748. The SMILES string of the molecule is NC(=O)CC(NC(=O)C(CS)NC(=O)C(N)CS)C(=O)NC(Cc1ccc(O)cc1)C(=O)O. The van der Waals surface area contributed by atoms with E-state index in [1.807, 2.05) is 0 Å². The second-order valence-corrected chi connectivity index (χ2v) is 7.76. The number of hydrogen-bond acceptors (Lipinski definition) is 9. The number of phenolic OH excluding ortho intramolecular Hbond substituents is 1. The Morgan fingerprint density at radius 1 is 0.848 bits per heavy atom. The minimum absolute atomic E-state index is 0.0138. The van der Waals surface area contributed by atoms with Gasteiger partial charge in [0, 0.05) is 17.9 Å². The summed E-state index contributed by atoms with van der Waals surface area (Å²) in [5.41, 5.74) is 11.2. The Hall–Kier alpha value is -2.97. The van der Waals surface area contributed by atoms with E-state index in [1.54, 1.807) is 0 Å². The average molecular weight is 502 g/mol. The van der Waals surface area contributed by atoms with E-state index in [0.717, 1.165) is 0 Å². The van der Waals surface area contributed by atoms with Crippen LogP contribution in [0.15, 0.2) is 24.3 Å². The number of benzene rings is 1. The van der Waals surface area contributed by atoms with E-state index in [-0.39, 0.29) is 23.7 Å². The van der Waals surface area contributed by atoms with Crippen LogP contribution in [-0.2, 0) is 30.4 Å². The molecule has 0 radical (unpaired) electrons. The lowest BCUT2D eigenvalue weighted by Crippen LogP contribution is -2.58. The summed E-state index contributed by atoms with van der Waals surface area (Å²) >= 11 is 7.89. The maximum Gasteiger partial charge on any atom is 0.326 e. The van der Waals surface area contributed by atoms with Crippen LogP contribution in [0.5, 0.6) is 5.75 Å². The number of carboxylic acid groups (broad SMARTS) is 1. The molecule has 0 heterocycles. The zero-order chi connectivity index (χ0) is 25.1. The molecule has 0 aliphatic rings. The molecule has 4 atom stereocenters. The van der Waals surface area contributed by atoms with Gasteiger partial charge in [0.25, 0.3) is 0 Å². The fourth-order valence-corrected chi connectivity index (χ4v) is 3.00. The summed E-state index contributed by atoms with van der Waals surface area (Å²) in [5, 5.41) is 25.7. The minimum Gasteiger partial charge on any atom is -0.508 e. The van der Waals surface area contributed by atoms with Gasteiger partial charge >= 0.3 is 5.97 Å². The predicted octanol–water partition coefficient (Wildman–Crippen LogP) is -2.46. The van der Waals surface area contributed by atoms with Crippen LogP contribution in [0.1, 0.15) is 12.0 Å². The molecule has 0 saturated carbocycles. The van der Waals surface area contributed by atoms with Crippen LogP contribution < -0.4 is 27.4 Å². The molecule has 4 unspecified atom stereocenters. The lowest BCUT2D eigenvalue weighted by atomic mass is 10.0. The fourth-order valence-electron chi connectivity index (χ4n) is 2.58. The molecule has 0 aliphatic carbocycles. The second-order valence-electron chi connectivity index (χ2n) is 7.03. The van der Waals surface area contributed by atoms with E-state index in [4.69, 9.17) is 11.5 Å². The zero-order valence-electron chi connectivity index (χ0n) is 17.4. The number of carboxylic acids is 1. The molecule has 0 saturated heterocycles. The number of primary amides is 1. The molecule has 0 fully saturated rings. The van der Waals surface area contributed by atoms with E-state index >= 15 is 0 Å². The highest BCUT2D eigenvalue weighted by Crippen LogP contribution is 2.11. The van der Waals surface area contributed by atoms with Crippen molar-refractivity contribution in [2.75, 3.05) is 11.5 Å². The van der Waals surface area contributed by atoms with Gasteiger partial charge in [-0.15, -0.1) is 0 Å². The molecule has 12 nitrogen and oxygen atoms in total. The number of thiol groups is 2. The third kappa shape index (κ3) is 9.59. The maximum absolute atomic E-state index is 12.7. The standard InChI is InChI=1S/C19H27N5O7S2/c20-11(7-32)16(27)24-14(8-33)18(29)22-12(6-15(21)26)17(28)23-13(19(30)31)5-9-1-3-10(25)4-2-9/h1-4,11-14,25,32-33H,5-8,20H2,(H2,21,26)(H,22,29)(H,23,28)(H,24,27)(H,30,31). The van der Waals surface area contributed by atoms with Crippen molar-refractivity contribution < 1.29 is 34.2 Å². The summed E-state index contributed by atoms with van der Waals surface area (Å²) in [6, 6.07) is 0.602. The van der Waals surface area contributed by atoms with Crippen molar-refractivity contribution in [3.8, 4) is 5.75 Å². The summed E-state index contributed by atoms with van der Waals surface area (Å²) in [7, 11) is 0. The Kier molecular flexibility index (Phi) is 11.5. The number of carbonyl (C=O) groups is 5. The van der Waals surface area contributed by atoms with E-state index in [2.05, 4.69) is 41.2 Å². The third-order valence-corrected chi connectivity index (χ3v) is 5.14. The zero-order valence-corrected chi connectivity index (χ0v) is 19.2. The number of rotatable bonds is 13. The van der Waals surface area contributed by atoms with Gasteiger partial charge < -0.3 is 37.6 Å². The number of amides is 4. The molecule has 0 aliphatic heterocycles. The lowest BCUT2D eigenvalue weighted by Gasteiger charge is -2.24. The van der Waals surface area contributed by atoms with Crippen molar-refractivity contribution in [1.82, 2.24) is 16.0 Å². The van der Waals surface area contributed by atoms with Crippen LogP contribution in [0.25, 0.3) is 0 Å². The van der Waals surface area contributed by atoms with Gasteiger partial charge in [-0.2, -0.15) is 25.3 Å². The summed E-state index contributed by atoms with van der Waals surface area (Å²) in [4.78, 5) is 60.2. The van der Waals surface area contributed by atoms with Gasteiger partial charge in [-0.25, -0.2) is 4.79 Å². The second kappa shape index (κ2) is 13.5. The monoisotopic (exact) mass is 501 g/mol. The largest absolute Gasteiger partial charge is 0.508 e. The predicted molar refractivity (Wildman–Crippen MR) is 125 cm³/mol. The highest BCUT2D eigenvalue weighted by molar-refractivity contribution is 7.80. The number of nitrogens with one attached hydrogen (secondary N) is 3. The van der Waals surface area contributed by atoms with Crippen molar-refractivity contribution >= 4 is 54.9 Å². The van der Waals surface area contributed by atoms with E-state index in [9.17, 15) is 34.2 Å². The van der Waals surface area contributed by atoms with Crippen LogP contribution in [0.3, 0.4) is 0 Å². The molecule has 9 N–H and O–H groups in total. The number of aliphatic carboxylic acids is 1. The quantitative estimate of drug-likeness (QED) is 0.132. The summed E-state index contributed by atoms with van der Waals surface area (Å²) in [5.74, 6) is -4.92. The molecule has 1 aromatic rings. The number of aromatic hydroxyl groups is 1. The Balaban J connectivity index is 2.93. The normalized spacial score (nSPS) is 14.3. The van der Waals surface area contributed by atoms with Crippen LogP contribution in [0.2, 0.25) is 0 Å². The minimum atomic E-state index is -1.51. The number of hydrogen-bond donors (Lipinski definition) is 9. The van der Waals surface area contributed by atoms with Gasteiger partial charge in [0.15, 0.2) is 0 Å². The van der Waals surface area contributed by atoms with Crippen LogP contribution in [-0.4, -0.2) is 75.5 Å². The Bertz CT molecular complexity index is 869. The van der Waals surface area contributed by atoms with Crippen LogP contribution in [0.4, 0.5) is 0 Å². The molecule has 33 heavy (non-hydrogen) atoms. The summed E-state index contributed by atoms with van der Waals surface area (Å²) < 4.78 is 0. The van der Waals surface area contributed by atoms with E-state index in [0.29, 0.717) is 5.56 Å². The van der Waals surface area contributed by atoms with E-state index in [1.165, 1.54) is 24.3 Å². The molecule has 4 amide bonds. The van der Waals surface area contributed by atoms with Gasteiger partial charge in [0.1, 0.15) is 23.9 Å². The van der Waals surface area contributed by atoms with Gasteiger partial charge in [-0.05, 0) is 17.7 Å². The number of phenols is 1. The first-order valence-electron chi connectivity index (χ1n) is 9.65. The van der Waals surface area contributed by atoms with Gasteiger partial charge in [-0.3, -0.25) is 19.2 Å². The average Bonchev–Trinajstić information content (AvgIpc) is 2.76. The van der Waals surface area contributed by atoms with Crippen LogP contribution in [0, 0.1) is 0 Å². The van der Waals surface area contributed by atoms with Gasteiger partial charge in [0.2, 0.25) is 23.6 Å². The van der Waals surface area contributed by atoms with Crippen LogP contribution >= 0.6 is 25.3 Å². The van der Waals surface area contributed by atoms with Crippen molar-refractivity contribution in [3.05, 3.63) is 29.8 Å². The van der Waals surface area contributed by atoms with Crippen molar-refractivity contribution in [2.45, 2.75) is 37.0 Å². The van der Waals surface area contributed by atoms with E-state index < -0.39 is 60.2 Å². The third-order valence-electron chi connectivity index (χ3n) is 4.38. The summed E-state index contributed by atoms with van der Waals surface area (Å²) in [6.45, 7) is 0. The first kappa shape index (κ1) is 28.1. The highest BCUT2D eigenvalue weighted by atomic mass is 32.1. The molecule has 14 heteroatoms. The molecule has 1 rings (SSSR count). The highest BCUT2D eigenvalue weighted by Gasteiger charge is 2.30. The number of nitrogens with two attached hydrogens (primary N) is 2. The molecular formula is C19H27N5O7S2. The molecular weight excluding hydrogens is 474 g/mol. The van der Waals surface area contributed by atoms with Gasteiger partial charge in [0.05, 0.1) is 12.5 Å². The molecule has 0 bridgehead atoms. The molecule has 0 aromatic heterocycles. The van der Waals surface area contributed by atoms with Crippen molar-refractivity contribution in [2.24, 2.45) is 11.5 Å². The topological polar surface area (TPSA) is 214 Å². The van der Waals surface area contributed by atoms with Crippen molar-refractivity contribution in [3.63, 3.8) is 0 Å². The molecule has 1 aromatic carbocycles. The Morgan fingerprint density at radius 3 is 1.85 bits per heavy atom. The smallest absolute Gasteiger partial charge is 0.326 e. The molecule has 0 spiro atoms. The number of carbonyl (C=O) groups excluding carboxylic acids is 4. The first-order valence-corrected chi connectivity index (χ1v) is 10.9. The van der Waals surface area contributed by atoms with Crippen molar-refractivity contribution in [1.29, 1.82) is 0 Å². The lowest BCUT2D eigenvalue weighted by molar-refractivity contribution is -0.142.